The maximum absolute atomic E-state index is 5.60. The molecule has 70 valence electrons. The average Bonchev–Trinajstić information content (AvgIpc) is 2.32. The van der Waals surface area contributed by atoms with Crippen LogP contribution in [-0.2, 0) is 4.74 Å². The zero-order valence-corrected chi connectivity index (χ0v) is 9.07. The molecule has 1 aliphatic heterocycles. The van der Waals surface area contributed by atoms with Crippen molar-refractivity contribution in [1.82, 2.24) is 0 Å². The number of ether oxygens (including phenoxy) is 1. The van der Waals surface area contributed by atoms with E-state index < -0.39 is 0 Å². The Morgan fingerprint density at radius 2 is 2.25 bits per heavy atom. The largest absolute Gasteiger partial charge is 0.469 e. The van der Waals surface area contributed by atoms with E-state index in [1.165, 1.54) is 0 Å². The van der Waals surface area contributed by atoms with E-state index >= 15 is 0 Å². The molecule has 3 heteroatoms. The van der Waals surface area contributed by atoms with Gasteiger partial charge >= 0.3 is 0 Å². The van der Waals surface area contributed by atoms with E-state index in [2.05, 4.69) is 32.7 Å². The average molecular weight is 187 g/mol. The fraction of sp³-hybridized carbons (Fsp3) is 0.889. The highest BCUT2D eigenvalue weighted by molar-refractivity contribution is 8.13. The minimum Gasteiger partial charge on any atom is -0.469 e. The first-order valence-electron chi connectivity index (χ1n) is 4.40. The van der Waals surface area contributed by atoms with Crippen LogP contribution in [0, 0.1) is 0 Å². The molecule has 1 atom stereocenters. The zero-order valence-electron chi connectivity index (χ0n) is 8.26. The molecule has 0 saturated carbocycles. The van der Waals surface area contributed by atoms with Gasteiger partial charge in [-0.1, -0.05) is 18.7 Å². The summed E-state index contributed by atoms with van der Waals surface area (Å²) in [5.74, 6) is 1.06. The van der Waals surface area contributed by atoms with Gasteiger partial charge in [0.1, 0.15) is 6.10 Å². The second kappa shape index (κ2) is 3.69. The lowest BCUT2D eigenvalue weighted by Crippen LogP contribution is -2.14. The van der Waals surface area contributed by atoms with Gasteiger partial charge in [-0.15, -0.1) is 0 Å². The molecule has 1 unspecified atom stereocenters. The summed E-state index contributed by atoms with van der Waals surface area (Å²) in [4.78, 5) is 4.46. The van der Waals surface area contributed by atoms with Crippen LogP contribution < -0.4 is 0 Å². The molecule has 0 radical (unpaired) electrons. The van der Waals surface area contributed by atoms with Crippen LogP contribution in [0.2, 0.25) is 0 Å². The van der Waals surface area contributed by atoms with E-state index in [4.69, 9.17) is 4.74 Å². The van der Waals surface area contributed by atoms with Crippen molar-refractivity contribution in [3.05, 3.63) is 0 Å². The molecule has 1 saturated heterocycles. The molecule has 0 aromatic heterocycles. The third-order valence-electron chi connectivity index (χ3n) is 1.54. The van der Waals surface area contributed by atoms with E-state index in [-0.39, 0.29) is 5.54 Å². The molecule has 1 heterocycles. The van der Waals surface area contributed by atoms with Crippen LogP contribution in [0.1, 0.15) is 34.1 Å². The van der Waals surface area contributed by atoms with Gasteiger partial charge < -0.3 is 4.74 Å². The molecule has 0 aromatic carbocycles. The molecular weight excluding hydrogens is 170 g/mol. The maximum atomic E-state index is 5.60. The topological polar surface area (TPSA) is 21.6 Å². The summed E-state index contributed by atoms with van der Waals surface area (Å²) in [7, 11) is 0. The van der Waals surface area contributed by atoms with Gasteiger partial charge in [-0.05, 0) is 27.2 Å². The monoisotopic (exact) mass is 187 g/mol. The molecule has 0 aliphatic carbocycles. The quantitative estimate of drug-likeness (QED) is 0.629. The predicted molar refractivity (Wildman–Crippen MR) is 54.8 cm³/mol. The lowest BCUT2D eigenvalue weighted by atomic mass is 10.1. The van der Waals surface area contributed by atoms with Crippen LogP contribution >= 0.6 is 11.8 Å². The first-order chi connectivity index (χ1) is 5.51. The van der Waals surface area contributed by atoms with E-state index in [1.54, 1.807) is 11.8 Å². The van der Waals surface area contributed by atoms with Crippen molar-refractivity contribution in [2.45, 2.75) is 45.8 Å². The molecule has 0 amide bonds. The van der Waals surface area contributed by atoms with Gasteiger partial charge in [0.2, 0.25) is 5.23 Å². The minimum absolute atomic E-state index is 0.00896. The third-order valence-corrected chi connectivity index (χ3v) is 2.52. The van der Waals surface area contributed by atoms with Crippen molar-refractivity contribution in [3.8, 4) is 0 Å². The van der Waals surface area contributed by atoms with Crippen molar-refractivity contribution in [2.24, 2.45) is 4.99 Å². The highest BCUT2D eigenvalue weighted by Gasteiger charge is 2.22. The van der Waals surface area contributed by atoms with E-state index in [0.29, 0.717) is 6.10 Å². The number of thioether (sulfide) groups is 1. The van der Waals surface area contributed by atoms with Crippen molar-refractivity contribution in [2.75, 3.05) is 5.75 Å². The highest BCUT2D eigenvalue weighted by atomic mass is 32.2. The van der Waals surface area contributed by atoms with Crippen LogP contribution in [0.15, 0.2) is 4.99 Å². The summed E-state index contributed by atoms with van der Waals surface area (Å²) in [5, 5.41) is 0.870. The Bertz CT molecular complexity index is 183. The Morgan fingerprint density at radius 3 is 2.67 bits per heavy atom. The molecule has 0 spiro atoms. The number of hydrogen-bond donors (Lipinski definition) is 0. The Hall–Kier alpha value is -0.180. The molecule has 1 rings (SSSR count). The minimum atomic E-state index is -0.00896. The Kier molecular flexibility index (Phi) is 3.04. The molecule has 1 aliphatic rings. The molecule has 12 heavy (non-hydrogen) atoms. The number of rotatable bonds is 1. The Balaban J connectivity index is 2.51. The van der Waals surface area contributed by atoms with Gasteiger partial charge in [0.25, 0.3) is 0 Å². The molecule has 2 nitrogen and oxygen atoms in total. The van der Waals surface area contributed by atoms with Gasteiger partial charge in [0.15, 0.2) is 0 Å². The summed E-state index contributed by atoms with van der Waals surface area (Å²) in [5.41, 5.74) is -0.00896. The van der Waals surface area contributed by atoms with Gasteiger partial charge in [-0.25, -0.2) is 4.99 Å². The van der Waals surface area contributed by atoms with Crippen molar-refractivity contribution in [3.63, 3.8) is 0 Å². The highest BCUT2D eigenvalue weighted by Crippen LogP contribution is 2.24. The number of hydrogen-bond acceptors (Lipinski definition) is 3. The summed E-state index contributed by atoms with van der Waals surface area (Å²) in [6.45, 7) is 8.40. The van der Waals surface area contributed by atoms with Crippen molar-refractivity contribution in [1.29, 1.82) is 0 Å². The second-order valence-corrected chi connectivity index (χ2v) is 4.98. The van der Waals surface area contributed by atoms with E-state index in [9.17, 15) is 0 Å². The molecule has 0 N–H and O–H groups in total. The number of nitrogens with zero attached hydrogens (tertiary/aromatic N) is 1. The number of aliphatic imine (C=N–C) groups is 1. The SMILES string of the molecule is CCC1CSC(=NC(C)(C)C)O1. The first-order valence-corrected chi connectivity index (χ1v) is 5.39. The van der Waals surface area contributed by atoms with Crippen LogP contribution in [-0.4, -0.2) is 22.6 Å². The molecule has 0 bridgehead atoms. The molecule has 0 aromatic rings. The lowest BCUT2D eigenvalue weighted by molar-refractivity contribution is 0.223. The normalized spacial score (nSPS) is 27.7. The van der Waals surface area contributed by atoms with Crippen molar-refractivity contribution < 1.29 is 4.74 Å². The summed E-state index contributed by atoms with van der Waals surface area (Å²) >= 11 is 1.73. The summed E-state index contributed by atoms with van der Waals surface area (Å²) in [6, 6.07) is 0. The van der Waals surface area contributed by atoms with Crippen LogP contribution in [0.4, 0.5) is 0 Å². The summed E-state index contributed by atoms with van der Waals surface area (Å²) in [6.07, 6.45) is 1.46. The van der Waals surface area contributed by atoms with E-state index in [0.717, 1.165) is 17.4 Å². The van der Waals surface area contributed by atoms with Gasteiger partial charge in [0, 0.05) is 5.75 Å². The second-order valence-electron chi connectivity index (χ2n) is 4.01. The lowest BCUT2D eigenvalue weighted by Gasteiger charge is -2.13. The predicted octanol–water partition coefficient (Wildman–Crippen LogP) is 2.68. The molecule has 1 fully saturated rings. The van der Waals surface area contributed by atoms with Crippen LogP contribution in [0.5, 0.6) is 0 Å². The summed E-state index contributed by atoms with van der Waals surface area (Å²) < 4.78 is 5.60. The van der Waals surface area contributed by atoms with Crippen molar-refractivity contribution >= 4 is 17.0 Å². The smallest absolute Gasteiger partial charge is 0.246 e. The fourth-order valence-corrected chi connectivity index (χ4v) is 2.08. The first kappa shape index (κ1) is 9.90. The van der Waals surface area contributed by atoms with Gasteiger partial charge in [-0.2, -0.15) is 0 Å². The third kappa shape index (κ3) is 3.05. The molecular formula is C9H17NOS. The van der Waals surface area contributed by atoms with E-state index in [1.807, 2.05) is 0 Å². The Labute approximate surface area is 78.8 Å². The standard InChI is InChI=1S/C9H17NOS/c1-5-7-6-12-8(11-7)10-9(2,3)4/h7H,5-6H2,1-4H3. The maximum Gasteiger partial charge on any atom is 0.246 e. The van der Waals surface area contributed by atoms with Gasteiger partial charge in [0.05, 0.1) is 5.54 Å². The Morgan fingerprint density at radius 1 is 1.58 bits per heavy atom. The fourth-order valence-electron chi connectivity index (χ4n) is 0.909. The van der Waals surface area contributed by atoms with Crippen LogP contribution in [0.3, 0.4) is 0 Å². The van der Waals surface area contributed by atoms with Gasteiger partial charge in [-0.3, -0.25) is 0 Å². The van der Waals surface area contributed by atoms with Crippen LogP contribution in [0.25, 0.3) is 0 Å². The zero-order chi connectivity index (χ0) is 9.19.